The Morgan fingerprint density at radius 3 is 2.37 bits per heavy atom. The number of nitrogens with one attached hydrogen (secondary N) is 1. The van der Waals surface area contributed by atoms with Gasteiger partial charge in [-0.1, -0.05) is 35.3 Å². The molecule has 0 fully saturated rings. The lowest BCUT2D eigenvalue weighted by Crippen LogP contribution is -2.15. The van der Waals surface area contributed by atoms with Crippen molar-refractivity contribution in [2.24, 2.45) is 0 Å². The minimum atomic E-state index is -0.413. The minimum Gasteiger partial charge on any atom is -0.471 e. The molecule has 1 N–H and O–H groups in total. The highest BCUT2D eigenvalue weighted by molar-refractivity contribution is 6.30. The zero-order chi connectivity index (χ0) is 20.9. The quantitative estimate of drug-likeness (QED) is 0.465. The third-order valence-electron chi connectivity index (χ3n) is 4.07. The predicted molar refractivity (Wildman–Crippen MR) is 113 cm³/mol. The molecule has 8 nitrogen and oxygen atoms in total. The highest BCUT2D eigenvalue weighted by Gasteiger charge is 2.12. The molecule has 0 aliphatic heterocycles. The van der Waals surface area contributed by atoms with Crippen LogP contribution in [0.1, 0.15) is 16.1 Å². The summed E-state index contributed by atoms with van der Waals surface area (Å²) in [4.78, 5) is 16.5. The summed E-state index contributed by atoms with van der Waals surface area (Å²) in [7, 11) is 0. The first kappa shape index (κ1) is 19.9. The number of aromatic nitrogens is 5. The van der Waals surface area contributed by atoms with E-state index in [4.69, 9.17) is 27.9 Å². The van der Waals surface area contributed by atoms with Gasteiger partial charge in [-0.15, -0.1) is 5.10 Å². The van der Waals surface area contributed by atoms with E-state index in [0.29, 0.717) is 22.3 Å². The third-order valence-corrected chi connectivity index (χ3v) is 4.57. The van der Waals surface area contributed by atoms with Gasteiger partial charge < -0.3 is 4.74 Å². The molecule has 152 valence electrons. The lowest BCUT2D eigenvalue weighted by atomic mass is 10.2. The molecule has 4 rings (SSSR count). The molecule has 4 aromatic rings. The second kappa shape index (κ2) is 8.98. The van der Waals surface area contributed by atoms with Crippen molar-refractivity contribution in [3.8, 4) is 5.75 Å². The molecule has 10 heteroatoms. The molecule has 0 unspecified atom stereocenters. The number of hydrogen-bond acceptors (Lipinski definition) is 5. The number of carbonyl (C=O) groups excluding carboxylic acids is 1. The highest BCUT2D eigenvalue weighted by atomic mass is 35.5. The van der Waals surface area contributed by atoms with Crippen LogP contribution in [0.2, 0.25) is 10.0 Å². The summed E-state index contributed by atoms with van der Waals surface area (Å²) in [6.07, 6.45) is 3.19. The van der Waals surface area contributed by atoms with E-state index in [2.05, 4.69) is 20.5 Å². The number of ether oxygens (including phenoxy) is 1. The number of nitrogens with zero attached hydrogens (tertiary/aromatic N) is 5. The summed E-state index contributed by atoms with van der Waals surface area (Å²) >= 11 is 11.7. The van der Waals surface area contributed by atoms with Crippen LogP contribution in [0.3, 0.4) is 0 Å². The maximum atomic E-state index is 12.4. The molecule has 0 radical (unpaired) electrons. The molecule has 0 saturated carbocycles. The van der Waals surface area contributed by atoms with Gasteiger partial charge in [0.05, 0.1) is 6.54 Å². The monoisotopic (exact) mass is 442 g/mol. The van der Waals surface area contributed by atoms with Gasteiger partial charge in [0.2, 0.25) is 5.95 Å². The second-order valence-electron chi connectivity index (χ2n) is 6.31. The van der Waals surface area contributed by atoms with E-state index in [1.165, 1.54) is 4.68 Å². The fraction of sp³-hybridized carbons (Fsp3) is 0.100. The highest BCUT2D eigenvalue weighted by Crippen LogP contribution is 2.16. The van der Waals surface area contributed by atoms with Crippen molar-refractivity contribution < 1.29 is 9.53 Å². The smallest absolute Gasteiger partial charge is 0.278 e. The van der Waals surface area contributed by atoms with Crippen molar-refractivity contribution in [3.63, 3.8) is 0 Å². The Balaban J connectivity index is 1.32. The Morgan fingerprint density at radius 2 is 1.63 bits per heavy atom. The SMILES string of the molecule is O=C(Nc1ncn(Cc2ccc(Cl)cc2)n1)c1ccn(COc2ccc(Cl)cc2)n1. The number of hydrogen-bond donors (Lipinski definition) is 1. The van der Waals surface area contributed by atoms with Gasteiger partial charge in [0, 0.05) is 16.2 Å². The summed E-state index contributed by atoms with van der Waals surface area (Å²) in [5, 5.41) is 12.4. The van der Waals surface area contributed by atoms with Gasteiger partial charge in [-0.3, -0.25) is 10.1 Å². The lowest BCUT2D eigenvalue weighted by molar-refractivity contribution is 0.101. The molecule has 1 amide bonds. The molecule has 30 heavy (non-hydrogen) atoms. The topological polar surface area (TPSA) is 86.9 Å². The molecule has 2 heterocycles. The Labute approximate surface area is 182 Å². The van der Waals surface area contributed by atoms with Crippen molar-refractivity contribution in [1.29, 1.82) is 0 Å². The Kier molecular flexibility index (Phi) is 5.97. The molecule has 0 aliphatic carbocycles. The first-order valence-electron chi connectivity index (χ1n) is 8.92. The van der Waals surface area contributed by atoms with Crippen LogP contribution in [0, 0.1) is 0 Å². The van der Waals surface area contributed by atoms with Crippen LogP contribution in [0.15, 0.2) is 67.1 Å². The number of amides is 1. The minimum absolute atomic E-state index is 0.156. The van der Waals surface area contributed by atoms with Gasteiger partial charge in [-0.05, 0) is 48.0 Å². The fourth-order valence-corrected chi connectivity index (χ4v) is 2.85. The fourth-order valence-electron chi connectivity index (χ4n) is 2.60. The first-order chi connectivity index (χ1) is 14.5. The summed E-state index contributed by atoms with van der Waals surface area (Å²) in [6.45, 7) is 0.666. The van der Waals surface area contributed by atoms with E-state index in [0.717, 1.165) is 5.56 Å². The van der Waals surface area contributed by atoms with Gasteiger partial charge in [0.25, 0.3) is 5.91 Å². The van der Waals surface area contributed by atoms with Crippen molar-refractivity contribution in [1.82, 2.24) is 24.5 Å². The van der Waals surface area contributed by atoms with Crippen LogP contribution in [0.25, 0.3) is 0 Å². The van der Waals surface area contributed by atoms with E-state index < -0.39 is 5.91 Å². The number of anilines is 1. The summed E-state index contributed by atoms with van der Waals surface area (Å²) in [5.74, 6) is 0.432. The number of carbonyl (C=O) groups is 1. The summed E-state index contributed by atoms with van der Waals surface area (Å²) in [5.41, 5.74) is 1.24. The molecular formula is C20H16Cl2N6O2. The summed E-state index contributed by atoms with van der Waals surface area (Å²) < 4.78 is 8.73. The number of halogens is 2. The van der Waals surface area contributed by atoms with Gasteiger partial charge in [0.15, 0.2) is 12.4 Å². The standard InChI is InChI=1S/C20H16Cl2N6O2/c21-15-3-1-14(2-4-15)11-28-12-23-20(26-28)24-19(29)18-9-10-27(25-18)13-30-17-7-5-16(22)6-8-17/h1-10,12H,11,13H2,(H,24,26,29). The van der Waals surface area contributed by atoms with Crippen molar-refractivity contribution in [2.45, 2.75) is 13.3 Å². The molecule has 0 bridgehead atoms. The molecule has 2 aromatic heterocycles. The van der Waals surface area contributed by atoms with Crippen LogP contribution >= 0.6 is 23.2 Å². The second-order valence-corrected chi connectivity index (χ2v) is 7.19. The maximum Gasteiger partial charge on any atom is 0.278 e. The molecule has 0 spiro atoms. The predicted octanol–water partition coefficient (Wildman–Crippen LogP) is 4.12. The van der Waals surface area contributed by atoms with Gasteiger partial charge >= 0.3 is 0 Å². The third kappa shape index (κ3) is 5.16. The van der Waals surface area contributed by atoms with Crippen LogP contribution in [-0.4, -0.2) is 30.5 Å². The van der Waals surface area contributed by atoms with E-state index in [1.54, 1.807) is 47.5 Å². The largest absolute Gasteiger partial charge is 0.471 e. The molecular weight excluding hydrogens is 427 g/mol. The van der Waals surface area contributed by atoms with E-state index in [1.807, 2.05) is 24.3 Å². The van der Waals surface area contributed by atoms with Crippen LogP contribution in [-0.2, 0) is 13.3 Å². The zero-order valence-electron chi connectivity index (χ0n) is 15.6. The van der Waals surface area contributed by atoms with Gasteiger partial charge in [-0.2, -0.15) is 5.10 Å². The summed E-state index contributed by atoms with van der Waals surface area (Å²) in [6, 6.07) is 16.0. The van der Waals surface area contributed by atoms with E-state index in [9.17, 15) is 4.79 Å². The Hall–Kier alpha value is -3.36. The van der Waals surface area contributed by atoms with Crippen LogP contribution in [0.4, 0.5) is 5.95 Å². The average Bonchev–Trinajstić information content (AvgIpc) is 3.39. The maximum absolute atomic E-state index is 12.4. The normalized spacial score (nSPS) is 10.7. The van der Waals surface area contributed by atoms with Gasteiger partial charge in [0.1, 0.15) is 12.1 Å². The van der Waals surface area contributed by atoms with Crippen molar-refractivity contribution in [2.75, 3.05) is 5.32 Å². The Morgan fingerprint density at radius 1 is 0.933 bits per heavy atom. The molecule has 2 aromatic carbocycles. The Bertz CT molecular complexity index is 1140. The number of benzene rings is 2. The van der Waals surface area contributed by atoms with Crippen molar-refractivity contribution >= 4 is 35.1 Å². The van der Waals surface area contributed by atoms with Crippen LogP contribution in [0.5, 0.6) is 5.75 Å². The zero-order valence-corrected chi connectivity index (χ0v) is 17.1. The molecule has 0 aliphatic rings. The van der Waals surface area contributed by atoms with Crippen molar-refractivity contribution in [3.05, 3.63) is 88.4 Å². The van der Waals surface area contributed by atoms with E-state index in [-0.39, 0.29) is 18.4 Å². The van der Waals surface area contributed by atoms with E-state index >= 15 is 0 Å². The lowest BCUT2D eigenvalue weighted by Gasteiger charge is -2.05. The van der Waals surface area contributed by atoms with Crippen LogP contribution < -0.4 is 10.1 Å². The molecule has 0 atom stereocenters. The average molecular weight is 443 g/mol. The van der Waals surface area contributed by atoms with Gasteiger partial charge in [-0.25, -0.2) is 14.3 Å². The number of rotatable bonds is 7. The molecule has 0 saturated heterocycles. The first-order valence-corrected chi connectivity index (χ1v) is 9.68.